The van der Waals surface area contributed by atoms with E-state index in [4.69, 9.17) is 4.98 Å². The minimum atomic E-state index is -0.378. The van der Waals surface area contributed by atoms with Gasteiger partial charge >= 0.3 is 0 Å². The molecule has 168 valence electrons. The zero-order valence-electron chi connectivity index (χ0n) is 17.7. The highest BCUT2D eigenvalue weighted by Gasteiger charge is 2.24. The van der Waals surface area contributed by atoms with Crippen LogP contribution in [0.25, 0.3) is 5.69 Å². The number of nitrogens with zero attached hydrogens (tertiary/aromatic N) is 6. The Morgan fingerprint density at radius 2 is 1.97 bits per heavy atom. The highest BCUT2D eigenvalue weighted by Crippen LogP contribution is 2.33. The molecule has 0 unspecified atom stereocenters. The Hall–Kier alpha value is -3.11. The van der Waals surface area contributed by atoms with E-state index in [1.54, 1.807) is 28.4 Å². The number of tetrazole rings is 1. The molecule has 0 fully saturated rings. The van der Waals surface area contributed by atoms with Gasteiger partial charge in [-0.2, -0.15) is 4.68 Å². The second-order valence-corrected chi connectivity index (χ2v) is 9.69. The van der Waals surface area contributed by atoms with Gasteiger partial charge in [-0.3, -0.25) is 9.69 Å². The average Bonchev–Trinajstić information content (AvgIpc) is 3.48. The number of anilines is 1. The molecule has 1 aliphatic carbocycles. The first-order valence-corrected chi connectivity index (χ1v) is 12.5. The Bertz CT molecular complexity index is 1240. The number of amides is 1. The van der Waals surface area contributed by atoms with Crippen molar-refractivity contribution in [3.8, 4) is 5.69 Å². The lowest BCUT2D eigenvalue weighted by Crippen LogP contribution is -2.32. The van der Waals surface area contributed by atoms with Crippen LogP contribution in [0.2, 0.25) is 0 Å². The summed E-state index contributed by atoms with van der Waals surface area (Å²) in [5, 5.41) is 12.8. The van der Waals surface area contributed by atoms with E-state index in [1.165, 1.54) is 39.9 Å². The number of hydrogen-bond acceptors (Lipinski definition) is 7. The molecule has 4 aromatic rings. The van der Waals surface area contributed by atoms with Crippen LogP contribution in [-0.2, 0) is 24.2 Å². The van der Waals surface area contributed by atoms with Gasteiger partial charge in [0.15, 0.2) is 5.13 Å². The highest BCUT2D eigenvalue weighted by molar-refractivity contribution is 7.99. The second kappa shape index (κ2) is 9.80. The van der Waals surface area contributed by atoms with Crippen molar-refractivity contribution in [2.24, 2.45) is 0 Å². The van der Waals surface area contributed by atoms with E-state index in [1.807, 2.05) is 30.3 Å². The smallest absolute Gasteiger partial charge is 0.239 e. The van der Waals surface area contributed by atoms with Crippen LogP contribution >= 0.6 is 23.1 Å². The third-order valence-corrected chi connectivity index (χ3v) is 7.45. The van der Waals surface area contributed by atoms with Gasteiger partial charge in [0.2, 0.25) is 11.1 Å². The van der Waals surface area contributed by atoms with Crippen molar-refractivity contribution in [2.45, 2.75) is 37.4 Å². The van der Waals surface area contributed by atoms with Crippen molar-refractivity contribution >= 4 is 34.1 Å². The summed E-state index contributed by atoms with van der Waals surface area (Å²) in [5.74, 6) is -0.326. The van der Waals surface area contributed by atoms with E-state index >= 15 is 0 Å². The number of hydrogen-bond donors (Lipinski definition) is 0. The maximum Gasteiger partial charge on any atom is 0.239 e. The lowest BCUT2D eigenvalue weighted by atomic mass is 10.0. The first-order valence-electron chi connectivity index (χ1n) is 10.7. The number of rotatable bonds is 7. The van der Waals surface area contributed by atoms with Crippen molar-refractivity contribution in [1.29, 1.82) is 0 Å². The highest BCUT2D eigenvalue weighted by atomic mass is 32.2. The van der Waals surface area contributed by atoms with E-state index in [-0.39, 0.29) is 17.5 Å². The monoisotopic (exact) mass is 480 g/mol. The molecule has 0 bridgehead atoms. The normalized spacial score (nSPS) is 13.0. The van der Waals surface area contributed by atoms with Gasteiger partial charge in [0.1, 0.15) is 5.82 Å². The molecule has 2 aromatic heterocycles. The Kier molecular flexibility index (Phi) is 6.45. The Morgan fingerprint density at radius 3 is 2.79 bits per heavy atom. The van der Waals surface area contributed by atoms with Crippen LogP contribution in [0.15, 0.2) is 59.8 Å². The van der Waals surface area contributed by atoms with E-state index in [2.05, 4.69) is 15.5 Å². The van der Waals surface area contributed by atoms with Crippen LogP contribution in [0.3, 0.4) is 0 Å². The molecule has 10 heteroatoms. The fourth-order valence-electron chi connectivity index (χ4n) is 3.73. The third-order valence-electron chi connectivity index (χ3n) is 5.37. The van der Waals surface area contributed by atoms with Crippen molar-refractivity contribution in [3.63, 3.8) is 0 Å². The fourth-order valence-corrected chi connectivity index (χ4v) is 5.66. The summed E-state index contributed by atoms with van der Waals surface area (Å²) in [6.07, 6.45) is 4.30. The van der Waals surface area contributed by atoms with Gasteiger partial charge in [0.25, 0.3) is 0 Å². The van der Waals surface area contributed by atoms with Crippen LogP contribution in [0.4, 0.5) is 9.52 Å². The van der Waals surface area contributed by atoms with Crippen LogP contribution in [-0.4, -0.2) is 36.9 Å². The topological polar surface area (TPSA) is 76.8 Å². The molecule has 1 aliphatic rings. The quantitative estimate of drug-likeness (QED) is 0.364. The van der Waals surface area contributed by atoms with Gasteiger partial charge in [0.05, 0.1) is 23.7 Å². The Morgan fingerprint density at radius 1 is 1.12 bits per heavy atom. The molecule has 0 N–H and O–H groups in total. The minimum Gasteiger partial charge on any atom is -0.283 e. The number of carbonyl (C=O) groups is 1. The largest absolute Gasteiger partial charge is 0.283 e. The molecule has 0 saturated heterocycles. The molecule has 0 atom stereocenters. The minimum absolute atomic E-state index is 0.0799. The van der Waals surface area contributed by atoms with Gasteiger partial charge in [-0.15, -0.1) is 16.4 Å². The summed E-state index contributed by atoms with van der Waals surface area (Å²) in [5.41, 5.74) is 2.66. The van der Waals surface area contributed by atoms with Gasteiger partial charge < -0.3 is 0 Å². The fraction of sp³-hybridized carbons (Fsp3) is 0.261. The van der Waals surface area contributed by atoms with Crippen molar-refractivity contribution in [2.75, 3.05) is 10.7 Å². The van der Waals surface area contributed by atoms with Crippen molar-refractivity contribution in [1.82, 2.24) is 25.2 Å². The maximum atomic E-state index is 13.6. The zero-order chi connectivity index (χ0) is 22.6. The molecule has 0 spiro atoms. The molecular weight excluding hydrogens is 459 g/mol. The van der Waals surface area contributed by atoms with Gasteiger partial charge in [-0.25, -0.2) is 9.37 Å². The number of halogens is 1. The predicted molar refractivity (Wildman–Crippen MR) is 126 cm³/mol. The molecule has 2 aromatic carbocycles. The Labute approximate surface area is 198 Å². The average molecular weight is 481 g/mol. The Balaban J connectivity index is 1.37. The summed E-state index contributed by atoms with van der Waals surface area (Å²) in [4.78, 5) is 21.2. The third kappa shape index (κ3) is 4.96. The summed E-state index contributed by atoms with van der Waals surface area (Å²) in [6, 6.07) is 15.9. The van der Waals surface area contributed by atoms with Crippen LogP contribution in [0, 0.1) is 5.82 Å². The standard InChI is InChI=1S/C23H21FN6OS2/c24-17-9-6-10-18(13-17)30-23(26-27-28-30)32-15-21(31)29(14-16-7-2-1-3-8-16)22-25-19-11-4-5-12-20(19)33-22/h1-3,6-10,13H,4-5,11-12,14-15H2. The summed E-state index contributed by atoms with van der Waals surface area (Å²) in [6.45, 7) is 0.446. The number of fused-ring (bicyclic) bond motifs is 1. The zero-order valence-corrected chi connectivity index (χ0v) is 19.4. The molecular formula is C23H21FN6OS2. The lowest BCUT2D eigenvalue weighted by molar-refractivity contribution is -0.116. The van der Waals surface area contributed by atoms with Crippen LogP contribution in [0.5, 0.6) is 0 Å². The predicted octanol–water partition coefficient (Wildman–Crippen LogP) is 4.46. The number of carbonyl (C=O) groups excluding carboxylic acids is 1. The first kappa shape index (κ1) is 21.7. The summed E-state index contributed by atoms with van der Waals surface area (Å²) in [7, 11) is 0. The number of aromatic nitrogens is 5. The SMILES string of the molecule is O=C(CSc1nnnn1-c1cccc(F)c1)N(Cc1ccccc1)c1nc2c(s1)CCCC2. The molecule has 7 nitrogen and oxygen atoms in total. The molecule has 0 aliphatic heterocycles. The van der Waals surface area contributed by atoms with E-state index < -0.39 is 0 Å². The second-order valence-electron chi connectivity index (χ2n) is 7.68. The number of thiazole rings is 1. The van der Waals surface area contributed by atoms with Crippen molar-refractivity contribution < 1.29 is 9.18 Å². The van der Waals surface area contributed by atoms with Gasteiger partial charge in [-0.1, -0.05) is 48.2 Å². The molecule has 0 saturated carbocycles. The summed E-state index contributed by atoms with van der Waals surface area (Å²) < 4.78 is 15.1. The number of thioether (sulfide) groups is 1. The lowest BCUT2D eigenvalue weighted by Gasteiger charge is -2.20. The van der Waals surface area contributed by atoms with E-state index in [0.717, 1.165) is 35.7 Å². The van der Waals surface area contributed by atoms with Crippen molar-refractivity contribution in [3.05, 3.63) is 76.5 Å². The molecule has 33 heavy (non-hydrogen) atoms. The van der Waals surface area contributed by atoms with E-state index in [0.29, 0.717) is 17.4 Å². The first-order chi connectivity index (χ1) is 16.2. The molecule has 1 amide bonds. The molecule has 0 radical (unpaired) electrons. The van der Waals surface area contributed by atoms with Crippen LogP contribution in [0.1, 0.15) is 29.0 Å². The van der Waals surface area contributed by atoms with E-state index in [9.17, 15) is 9.18 Å². The number of benzene rings is 2. The maximum absolute atomic E-state index is 13.6. The van der Waals surface area contributed by atoms with Crippen LogP contribution < -0.4 is 4.90 Å². The molecule has 5 rings (SSSR count). The molecule has 2 heterocycles. The van der Waals surface area contributed by atoms with Gasteiger partial charge in [-0.05, 0) is 59.9 Å². The summed E-state index contributed by atoms with van der Waals surface area (Å²) >= 11 is 2.83. The van der Waals surface area contributed by atoms with Gasteiger partial charge in [0, 0.05) is 4.88 Å². The number of aryl methyl sites for hydroxylation is 2.